The number of aromatic nitrogens is 8. The van der Waals surface area contributed by atoms with Crippen molar-refractivity contribution in [3.05, 3.63) is 172 Å². The number of hydrogen-bond acceptors (Lipinski definition) is 10. The third-order valence-corrected chi connectivity index (χ3v) is 13.4. The van der Waals surface area contributed by atoms with Gasteiger partial charge in [-0.2, -0.15) is 19.2 Å². The maximum Gasteiger partial charge on any atom is 0.163 e. The van der Waals surface area contributed by atoms with Crippen LogP contribution in [-0.2, 0) is 6.42 Å². The van der Waals surface area contributed by atoms with E-state index in [-0.39, 0.29) is 12.1 Å². The minimum atomic E-state index is -0.724. The predicted molar refractivity (Wildman–Crippen MR) is 249 cm³/mol. The molecule has 5 aliphatic rings. The van der Waals surface area contributed by atoms with E-state index in [0.29, 0.717) is 44.9 Å². The first kappa shape index (κ1) is 41.5. The number of fused-ring (bicyclic) bond motifs is 5. The van der Waals surface area contributed by atoms with Gasteiger partial charge in [-0.05, 0) is 98.8 Å². The summed E-state index contributed by atoms with van der Waals surface area (Å²) in [6.07, 6.45) is 24.9. The van der Waals surface area contributed by atoms with Gasteiger partial charge in [-0.15, -0.1) is 0 Å². The Morgan fingerprint density at radius 2 is 1.26 bits per heavy atom. The monoisotopic (exact) mass is 881 g/mol. The number of rotatable bonds is 8. The lowest BCUT2D eigenvalue weighted by Crippen LogP contribution is -2.25. The van der Waals surface area contributed by atoms with Gasteiger partial charge in [0.15, 0.2) is 11.3 Å². The van der Waals surface area contributed by atoms with Crippen LogP contribution in [0.1, 0.15) is 93.3 Å². The minimum absolute atomic E-state index is 0.224. The van der Waals surface area contributed by atoms with E-state index >= 15 is 0 Å². The van der Waals surface area contributed by atoms with Gasteiger partial charge in [0.2, 0.25) is 0 Å². The molecule has 0 saturated carbocycles. The molecular weight excluding hydrogens is 835 g/mol. The molecule has 0 fully saturated rings. The second-order valence-corrected chi connectivity index (χ2v) is 17.8. The van der Waals surface area contributed by atoms with Crippen LogP contribution in [0, 0.1) is 17.7 Å². The van der Waals surface area contributed by atoms with E-state index in [0.717, 1.165) is 63.0 Å². The molecule has 0 spiro atoms. The molecular formula is C52H47F2N10O2+. The minimum Gasteiger partial charge on any atom is -0.389 e. The van der Waals surface area contributed by atoms with Gasteiger partial charge < -0.3 is 20.8 Å². The van der Waals surface area contributed by atoms with Gasteiger partial charge in [0, 0.05) is 71.4 Å². The Morgan fingerprint density at radius 3 is 1.83 bits per heavy atom. The highest BCUT2D eigenvalue weighted by molar-refractivity contribution is 5.78. The average Bonchev–Trinajstić information content (AvgIpc) is 4.12. The Balaban J connectivity index is 0.000000146. The first-order chi connectivity index (χ1) is 32.1. The normalized spacial score (nSPS) is 19.2. The maximum absolute atomic E-state index is 13.9. The first-order valence-corrected chi connectivity index (χ1v) is 22.5. The molecule has 4 N–H and O–H groups in total. The van der Waals surface area contributed by atoms with Crippen LogP contribution in [-0.4, -0.2) is 61.5 Å². The summed E-state index contributed by atoms with van der Waals surface area (Å²) in [7, 11) is 0. The Kier molecular flexibility index (Phi) is 10.6. The number of hydrogen-bond donors (Lipinski definition) is 4. The summed E-state index contributed by atoms with van der Waals surface area (Å²) in [6, 6.07) is 15.7. The molecule has 14 heteroatoms. The Morgan fingerprint density at radius 1 is 0.697 bits per heavy atom. The predicted octanol–water partition coefficient (Wildman–Crippen LogP) is 9.83. The van der Waals surface area contributed by atoms with Crippen molar-refractivity contribution in [2.24, 2.45) is 0 Å². The second kappa shape index (κ2) is 17.0. The van der Waals surface area contributed by atoms with E-state index in [1.54, 1.807) is 53.2 Å². The zero-order valence-corrected chi connectivity index (χ0v) is 36.5. The quantitative estimate of drug-likeness (QED) is 0.109. The highest BCUT2D eigenvalue weighted by Crippen LogP contribution is 2.45. The first-order valence-electron chi connectivity index (χ1n) is 22.5. The van der Waals surface area contributed by atoms with Crippen LogP contribution in [0.25, 0.3) is 39.4 Å². The van der Waals surface area contributed by atoms with Crippen LogP contribution >= 0.6 is 0 Å². The van der Waals surface area contributed by atoms with Crippen molar-refractivity contribution in [2.75, 3.05) is 10.6 Å². The van der Waals surface area contributed by atoms with Crippen LogP contribution in [0.4, 0.5) is 20.4 Å². The van der Waals surface area contributed by atoms with Gasteiger partial charge in [-0.3, -0.25) is 9.97 Å². The van der Waals surface area contributed by atoms with E-state index < -0.39 is 23.8 Å². The molecule has 4 atom stereocenters. The molecule has 0 amide bonds. The lowest BCUT2D eigenvalue weighted by molar-refractivity contribution is 0.200. The fourth-order valence-electron chi connectivity index (χ4n) is 10.1. The Labute approximate surface area is 379 Å². The van der Waals surface area contributed by atoms with Crippen molar-refractivity contribution in [3.8, 4) is 22.5 Å². The number of allylic oxidation sites excluding steroid dienone is 8. The van der Waals surface area contributed by atoms with Crippen LogP contribution in [0.2, 0.25) is 0 Å². The summed E-state index contributed by atoms with van der Waals surface area (Å²) in [4.78, 5) is 17.3. The molecule has 0 aliphatic heterocycles. The molecule has 7 aromatic rings. The van der Waals surface area contributed by atoms with E-state index in [4.69, 9.17) is 0 Å². The molecule has 330 valence electrons. The average molecular weight is 882 g/mol. The second-order valence-electron chi connectivity index (χ2n) is 17.8. The van der Waals surface area contributed by atoms with Crippen LogP contribution in [0.3, 0.4) is 0 Å². The lowest BCUT2D eigenvalue weighted by atomic mass is 9.87. The van der Waals surface area contributed by atoms with Gasteiger partial charge >= 0.3 is 0 Å². The van der Waals surface area contributed by atoms with Gasteiger partial charge in [0.25, 0.3) is 0 Å². The summed E-state index contributed by atoms with van der Waals surface area (Å²) < 4.78 is 31.2. The molecule has 5 aliphatic carbocycles. The highest BCUT2D eigenvalue weighted by atomic mass is 19.1. The molecule has 0 radical (unpaired) electrons. The van der Waals surface area contributed by atoms with Crippen LogP contribution < -0.4 is 10.6 Å². The molecule has 0 saturated heterocycles. The maximum atomic E-state index is 13.9. The SMILES string of the molecule is C[C@@H](O)c1cnn2c(N[C@@H]3CCC4=C(C3)c3ccccc3C4)cc(-c3cncc(F)c3)nc12.C[C@H](O)c1cnn2c(N[C@@H]3CCC4=C(C3)C3=C(C=[C+]C=C3)C4)cc(-c3cncc(F)c3)nc12. The van der Waals surface area contributed by atoms with E-state index in [1.807, 2.05) is 18.2 Å². The molecule has 12 nitrogen and oxygen atoms in total. The molecule has 66 heavy (non-hydrogen) atoms. The number of aliphatic hydroxyl groups excluding tert-OH is 2. The molecule has 0 unspecified atom stereocenters. The summed E-state index contributed by atoms with van der Waals surface area (Å²) in [6.45, 7) is 3.38. The number of halogens is 2. The number of benzene rings is 1. The molecule has 0 bridgehead atoms. The zero-order chi connectivity index (χ0) is 45.1. The van der Waals surface area contributed by atoms with Crippen LogP contribution in [0.5, 0.6) is 0 Å². The van der Waals surface area contributed by atoms with E-state index in [2.05, 4.69) is 83.3 Å². The number of pyridine rings is 2. The fourth-order valence-corrected chi connectivity index (χ4v) is 10.1. The standard InChI is InChI=1S/C26H24FN5O.C26H23FN5O/c2*1-15(33)23-14-29-32-25(11-24(31-26(23)32)18-9-19(27)13-28-12-18)30-20-7-6-17-8-16-4-2-3-5-21(16)22(17)10-20/h2-5,9,11-15,20,30,33H,6-8,10H2,1H3;3-5,9,11-15,20,30,33H,6-8,10H2,1H3/q;+1/t15-,20-;15-,20+/m10/s1. The van der Waals surface area contributed by atoms with Gasteiger partial charge in [-0.1, -0.05) is 29.8 Å². The van der Waals surface area contributed by atoms with E-state index in [9.17, 15) is 19.0 Å². The van der Waals surface area contributed by atoms with Crippen molar-refractivity contribution in [2.45, 2.75) is 89.5 Å². The van der Waals surface area contributed by atoms with Gasteiger partial charge in [0.1, 0.15) is 35.4 Å². The smallest absolute Gasteiger partial charge is 0.163 e. The molecule has 6 aromatic heterocycles. The third kappa shape index (κ3) is 7.76. The number of anilines is 2. The summed E-state index contributed by atoms with van der Waals surface area (Å²) in [5.41, 5.74) is 16.2. The molecule has 1 aromatic carbocycles. The lowest BCUT2D eigenvalue weighted by Gasteiger charge is -2.26. The van der Waals surface area contributed by atoms with Gasteiger partial charge in [0.05, 0.1) is 65.6 Å². The zero-order valence-electron chi connectivity index (χ0n) is 36.5. The number of aliphatic hydroxyl groups is 2. The van der Waals surface area contributed by atoms with Crippen LogP contribution in [0.15, 0.2) is 132 Å². The van der Waals surface area contributed by atoms with Gasteiger partial charge in [-0.25, -0.2) is 18.7 Å². The Hall–Kier alpha value is -7.25. The highest BCUT2D eigenvalue weighted by Gasteiger charge is 2.34. The molecule has 6 heterocycles. The summed E-state index contributed by atoms with van der Waals surface area (Å²) >= 11 is 0. The largest absolute Gasteiger partial charge is 0.389 e. The van der Waals surface area contributed by atoms with Crippen molar-refractivity contribution in [1.29, 1.82) is 0 Å². The summed E-state index contributed by atoms with van der Waals surface area (Å²) in [5.74, 6) is 0.697. The van der Waals surface area contributed by atoms with Crippen molar-refractivity contribution < 1.29 is 19.0 Å². The van der Waals surface area contributed by atoms with Crippen molar-refractivity contribution >= 4 is 28.5 Å². The van der Waals surface area contributed by atoms with Crippen molar-refractivity contribution in [3.63, 3.8) is 0 Å². The van der Waals surface area contributed by atoms with E-state index in [1.165, 1.54) is 63.5 Å². The topological polar surface area (TPSA) is 151 Å². The number of nitrogens with zero attached hydrogens (tertiary/aromatic N) is 8. The molecule has 12 rings (SSSR count). The number of nitrogens with one attached hydrogen (secondary N) is 2. The third-order valence-electron chi connectivity index (χ3n) is 13.4. The summed E-state index contributed by atoms with van der Waals surface area (Å²) in [5, 5.41) is 36.8. The Bertz CT molecular complexity index is 3230. The van der Waals surface area contributed by atoms with Crippen molar-refractivity contribution in [1.82, 2.24) is 39.2 Å². The fraction of sp³-hybridized carbons (Fsp3) is 0.269.